The van der Waals surface area contributed by atoms with Crippen LogP contribution < -0.4 is 10.5 Å². The molecule has 2 aliphatic rings. The lowest BCUT2D eigenvalue weighted by Crippen LogP contribution is -2.49. The van der Waals surface area contributed by atoms with Crippen LogP contribution in [0.3, 0.4) is 0 Å². The molecule has 2 aliphatic heterocycles. The second-order valence-electron chi connectivity index (χ2n) is 9.22. The van der Waals surface area contributed by atoms with Gasteiger partial charge in [0.15, 0.2) is 0 Å². The summed E-state index contributed by atoms with van der Waals surface area (Å²) in [5.41, 5.74) is 9.51. The summed E-state index contributed by atoms with van der Waals surface area (Å²) in [5, 5.41) is 10.3. The summed E-state index contributed by atoms with van der Waals surface area (Å²) in [6.45, 7) is 4.08. The van der Waals surface area contributed by atoms with Crippen LogP contribution in [0.4, 0.5) is 0 Å². The standard InChI is InChI=1S/C25H34N4O6S/c1-18-17-21(5-6-22(18)23-3-2-4-24(27-23)35-16-11-26)19-7-12-28(13-8-19)36(32,33)29(31)25(30)20-9-14-34-15-10-20/h2-6,17,19-20,31H,7-16,26H2,1H3. The Morgan fingerprint density at radius 3 is 2.58 bits per heavy atom. The van der Waals surface area contributed by atoms with Gasteiger partial charge in [-0.15, -0.1) is 0 Å². The molecule has 2 aromatic rings. The molecule has 10 nitrogen and oxygen atoms in total. The first-order chi connectivity index (χ1) is 17.3. The normalized spacial score (nSPS) is 18.2. The number of aromatic nitrogens is 1. The number of nitrogens with zero attached hydrogens (tertiary/aromatic N) is 3. The van der Waals surface area contributed by atoms with Gasteiger partial charge in [0, 0.05) is 50.4 Å². The van der Waals surface area contributed by atoms with Gasteiger partial charge in [-0.05, 0) is 55.7 Å². The van der Waals surface area contributed by atoms with Crippen molar-refractivity contribution in [3.63, 3.8) is 0 Å². The molecule has 0 unspecified atom stereocenters. The van der Waals surface area contributed by atoms with E-state index in [1.807, 2.05) is 25.1 Å². The van der Waals surface area contributed by atoms with Gasteiger partial charge in [-0.3, -0.25) is 10.0 Å². The maximum Gasteiger partial charge on any atom is 0.329 e. The first-order valence-corrected chi connectivity index (χ1v) is 13.7. The quantitative estimate of drug-likeness (QED) is 0.402. The lowest BCUT2D eigenvalue weighted by Gasteiger charge is -2.34. The Balaban J connectivity index is 1.39. The van der Waals surface area contributed by atoms with Gasteiger partial charge in [-0.2, -0.15) is 12.7 Å². The minimum atomic E-state index is -4.27. The van der Waals surface area contributed by atoms with Crippen molar-refractivity contribution in [2.45, 2.75) is 38.5 Å². The summed E-state index contributed by atoms with van der Waals surface area (Å²) in [6, 6.07) is 11.8. The monoisotopic (exact) mass is 518 g/mol. The highest BCUT2D eigenvalue weighted by Crippen LogP contribution is 2.33. The Morgan fingerprint density at radius 2 is 1.92 bits per heavy atom. The molecule has 11 heteroatoms. The molecule has 2 fully saturated rings. The fraction of sp³-hybridized carbons (Fsp3) is 0.520. The van der Waals surface area contributed by atoms with Crippen LogP contribution in [0, 0.1) is 12.8 Å². The maximum atomic E-state index is 12.9. The molecule has 0 aliphatic carbocycles. The smallest absolute Gasteiger partial charge is 0.329 e. The molecule has 1 aromatic carbocycles. The highest BCUT2D eigenvalue weighted by Gasteiger charge is 2.38. The van der Waals surface area contributed by atoms with Crippen molar-refractivity contribution in [3.8, 4) is 17.1 Å². The summed E-state index contributed by atoms with van der Waals surface area (Å²) < 4.78 is 37.7. The van der Waals surface area contributed by atoms with E-state index >= 15 is 0 Å². The molecule has 0 atom stereocenters. The molecule has 0 spiro atoms. The van der Waals surface area contributed by atoms with Crippen molar-refractivity contribution in [2.24, 2.45) is 11.7 Å². The molecular formula is C25H34N4O6S. The van der Waals surface area contributed by atoms with Crippen LogP contribution in [0.25, 0.3) is 11.3 Å². The molecule has 36 heavy (non-hydrogen) atoms. The van der Waals surface area contributed by atoms with Crippen molar-refractivity contribution >= 4 is 16.1 Å². The Labute approximate surface area is 212 Å². The average molecular weight is 519 g/mol. The van der Waals surface area contributed by atoms with E-state index in [2.05, 4.69) is 17.1 Å². The number of rotatable bonds is 8. The van der Waals surface area contributed by atoms with Crippen LogP contribution in [-0.2, 0) is 19.7 Å². The molecule has 0 bridgehead atoms. The van der Waals surface area contributed by atoms with E-state index in [9.17, 15) is 18.4 Å². The molecule has 3 N–H and O–H groups in total. The van der Waals surface area contributed by atoms with Crippen LogP contribution in [0.5, 0.6) is 5.88 Å². The summed E-state index contributed by atoms with van der Waals surface area (Å²) in [6.07, 6.45) is 2.00. The number of pyridine rings is 1. The van der Waals surface area contributed by atoms with E-state index in [1.54, 1.807) is 6.07 Å². The Bertz CT molecular complexity index is 1160. The first kappa shape index (κ1) is 26.5. The van der Waals surface area contributed by atoms with Gasteiger partial charge in [-0.25, -0.2) is 4.98 Å². The fourth-order valence-corrected chi connectivity index (χ4v) is 6.05. The summed E-state index contributed by atoms with van der Waals surface area (Å²) in [5.74, 6) is -0.615. The number of carbonyl (C=O) groups is 1. The molecular weight excluding hydrogens is 484 g/mol. The lowest BCUT2D eigenvalue weighted by molar-refractivity contribution is -0.154. The van der Waals surface area contributed by atoms with Crippen LogP contribution >= 0.6 is 0 Å². The molecule has 4 rings (SSSR count). The van der Waals surface area contributed by atoms with Gasteiger partial charge >= 0.3 is 10.2 Å². The zero-order valence-electron chi connectivity index (χ0n) is 20.5. The first-order valence-electron chi connectivity index (χ1n) is 12.3. The van der Waals surface area contributed by atoms with E-state index < -0.39 is 22.0 Å². The number of aryl methyl sites for hydroxylation is 1. The van der Waals surface area contributed by atoms with Crippen molar-refractivity contribution in [1.82, 2.24) is 13.8 Å². The lowest BCUT2D eigenvalue weighted by atomic mass is 9.88. The molecule has 3 heterocycles. The van der Waals surface area contributed by atoms with Gasteiger partial charge < -0.3 is 15.2 Å². The third kappa shape index (κ3) is 5.87. The van der Waals surface area contributed by atoms with Crippen molar-refractivity contribution in [3.05, 3.63) is 47.5 Å². The number of benzene rings is 1. The summed E-state index contributed by atoms with van der Waals surface area (Å²) in [7, 11) is -4.27. The van der Waals surface area contributed by atoms with E-state index in [0.717, 1.165) is 22.4 Å². The largest absolute Gasteiger partial charge is 0.476 e. The topological polar surface area (TPSA) is 135 Å². The number of hydrogen-bond acceptors (Lipinski definition) is 8. The van der Waals surface area contributed by atoms with E-state index in [4.69, 9.17) is 15.2 Å². The molecule has 196 valence electrons. The number of amides is 1. The molecule has 2 saturated heterocycles. The van der Waals surface area contributed by atoms with Gasteiger partial charge in [0.25, 0.3) is 5.91 Å². The van der Waals surface area contributed by atoms with Gasteiger partial charge in [0.05, 0.1) is 5.69 Å². The summed E-state index contributed by atoms with van der Waals surface area (Å²) >= 11 is 0. The second-order valence-corrected chi connectivity index (χ2v) is 11.0. The Kier molecular flexibility index (Phi) is 8.58. The minimum Gasteiger partial charge on any atom is -0.476 e. The Morgan fingerprint density at radius 1 is 1.19 bits per heavy atom. The summed E-state index contributed by atoms with van der Waals surface area (Å²) in [4.78, 5) is 17.1. The van der Waals surface area contributed by atoms with Crippen LogP contribution in [0.15, 0.2) is 36.4 Å². The minimum absolute atomic E-state index is 0.0549. The highest BCUT2D eigenvalue weighted by atomic mass is 32.2. The van der Waals surface area contributed by atoms with Gasteiger partial charge in [-0.1, -0.05) is 28.7 Å². The number of ether oxygens (including phenoxy) is 2. The number of carbonyl (C=O) groups excluding carboxylic acids is 1. The predicted octanol–water partition coefficient (Wildman–Crippen LogP) is 2.46. The van der Waals surface area contributed by atoms with Gasteiger partial charge in [0.1, 0.15) is 6.61 Å². The third-order valence-corrected chi connectivity index (χ3v) is 8.48. The fourth-order valence-electron chi connectivity index (χ4n) is 4.78. The van der Waals surface area contributed by atoms with Crippen molar-refractivity contribution in [2.75, 3.05) is 39.5 Å². The predicted molar refractivity (Wildman–Crippen MR) is 134 cm³/mol. The van der Waals surface area contributed by atoms with Gasteiger partial charge in [0.2, 0.25) is 5.88 Å². The number of hydroxylamine groups is 1. The molecule has 1 amide bonds. The van der Waals surface area contributed by atoms with Crippen molar-refractivity contribution in [1.29, 1.82) is 0 Å². The van der Waals surface area contributed by atoms with E-state index in [0.29, 0.717) is 57.9 Å². The van der Waals surface area contributed by atoms with Crippen molar-refractivity contribution < 1.29 is 27.9 Å². The van der Waals surface area contributed by atoms with Crippen LogP contribution in [0.1, 0.15) is 42.7 Å². The highest BCUT2D eigenvalue weighted by molar-refractivity contribution is 7.87. The maximum absolute atomic E-state index is 12.9. The zero-order valence-corrected chi connectivity index (χ0v) is 21.3. The zero-order chi connectivity index (χ0) is 25.7. The van der Waals surface area contributed by atoms with Crippen LogP contribution in [-0.4, -0.2) is 72.7 Å². The van der Waals surface area contributed by atoms with E-state index in [-0.39, 0.29) is 23.5 Å². The SMILES string of the molecule is Cc1cc(C2CCN(S(=O)(=O)N(O)C(=O)C3CCOCC3)CC2)ccc1-c1cccc(OCCN)n1. The second kappa shape index (κ2) is 11.7. The molecule has 1 aromatic heterocycles. The number of piperidine rings is 1. The van der Waals surface area contributed by atoms with Crippen LogP contribution in [0.2, 0.25) is 0 Å². The average Bonchev–Trinajstić information content (AvgIpc) is 2.91. The molecule has 0 saturated carbocycles. The Hall–Kier alpha value is -2.57. The number of hydrogen-bond donors (Lipinski definition) is 2. The third-order valence-electron chi connectivity index (χ3n) is 6.85. The van der Waals surface area contributed by atoms with E-state index in [1.165, 1.54) is 4.31 Å². The number of nitrogens with two attached hydrogens (primary N) is 1. The molecule has 0 radical (unpaired) electrons.